The van der Waals surface area contributed by atoms with E-state index in [1.807, 2.05) is 35.4 Å². The Bertz CT molecular complexity index is 809. The van der Waals surface area contributed by atoms with E-state index in [4.69, 9.17) is 0 Å². The summed E-state index contributed by atoms with van der Waals surface area (Å²) in [5.41, 5.74) is 3.46. The van der Waals surface area contributed by atoms with Crippen LogP contribution in [-0.2, 0) is 6.54 Å². The molecule has 0 radical (unpaired) electrons. The first-order chi connectivity index (χ1) is 12.8. The maximum atomic E-state index is 4.34. The molecule has 3 heterocycles. The first-order valence-corrected chi connectivity index (χ1v) is 9.10. The summed E-state index contributed by atoms with van der Waals surface area (Å²) in [5, 5.41) is 4.33. The molecule has 2 aromatic heterocycles. The van der Waals surface area contributed by atoms with Crippen molar-refractivity contribution in [2.45, 2.75) is 25.4 Å². The SMILES string of the molecule is CN(Cc1ccncn1)C1CCN(c2cccc(-n3cccn3)c2)CC1. The Kier molecular flexibility index (Phi) is 4.93. The number of aromatic nitrogens is 4. The molecule has 26 heavy (non-hydrogen) atoms. The minimum absolute atomic E-state index is 0.593. The maximum Gasteiger partial charge on any atom is 0.115 e. The smallest absolute Gasteiger partial charge is 0.115 e. The van der Waals surface area contributed by atoms with Gasteiger partial charge in [0.05, 0.1) is 11.4 Å². The Labute approximate surface area is 154 Å². The quantitative estimate of drug-likeness (QED) is 0.710. The molecule has 6 heteroatoms. The van der Waals surface area contributed by atoms with Gasteiger partial charge >= 0.3 is 0 Å². The van der Waals surface area contributed by atoms with Gasteiger partial charge in [-0.2, -0.15) is 5.10 Å². The zero-order valence-electron chi connectivity index (χ0n) is 15.1. The molecule has 0 spiro atoms. The van der Waals surface area contributed by atoms with Crippen molar-refractivity contribution in [1.29, 1.82) is 0 Å². The minimum Gasteiger partial charge on any atom is -0.371 e. The summed E-state index contributed by atoms with van der Waals surface area (Å²) < 4.78 is 1.91. The molecule has 1 aliphatic rings. The Morgan fingerprint density at radius 1 is 1.08 bits per heavy atom. The van der Waals surface area contributed by atoms with Gasteiger partial charge in [-0.3, -0.25) is 4.90 Å². The van der Waals surface area contributed by atoms with Crippen LogP contribution in [0, 0.1) is 0 Å². The largest absolute Gasteiger partial charge is 0.371 e. The molecular weight excluding hydrogens is 324 g/mol. The van der Waals surface area contributed by atoms with E-state index in [1.165, 1.54) is 5.69 Å². The Morgan fingerprint density at radius 3 is 2.65 bits per heavy atom. The van der Waals surface area contributed by atoms with Crippen molar-refractivity contribution in [3.05, 3.63) is 67.0 Å². The molecule has 0 N–H and O–H groups in total. The number of nitrogens with zero attached hydrogens (tertiary/aromatic N) is 6. The van der Waals surface area contributed by atoms with Gasteiger partial charge in [0.15, 0.2) is 0 Å². The fourth-order valence-corrected chi connectivity index (χ4v) is 3.61. The summed E-state index contributed by atoms with van der Waals surface area (Å²) in [4.78, 5) is 13.2. The van der Waals surface area contributed by atoms with Crippen LogP contribution < -0.4 is 4.90 Å². The number of anilines is 1. The molecule has 0 aliphatic carbocycles. The lowest BCUT2D eigenvalue weighted by molar-refractivity contribution is 0.198. The van der Waals surface area contributed by atoms with Gasteiger partial charge < -0.3 is 4.90 Å². The van der Waals surface area contributed by atoms with Crippen LogP contribution in [0.1, 0.15) is 18.5 Å². The van der Waals surface area contributed by atoms with E-state index in [1.54, 1.807) is 6.33 Å². The van der Waals surface area contributed by atoms with Crippen molar-refractivity contribution >= 4 is 5.69 Å². The highest BCUT2D eigenvalue weighted by atomic mass is 15.3. The van der Waals surface area contributed by atoms with E-state index in [2.05, 4.69) is 56.2 Å². The van der Waals surface area contributed by atoms with Crippen LogP contribution in [0.25, 0.3) is 5.69 Å². The number of rotatable bonds is 5. The summed E-state index contributed by atoms with van der Waals surface area (Å²) >= 11 is 0. The van der Waals surface area contributed by atoms with Gasteiger partial charge in [-0.15, -0.1) is 0 Å². The third-order valence-electron chi connectivity index (χ3n) is 5.11. The normalized spacial score (nSPS) is 15.5. The summed E-state index contributed by atoms with van der Waals surface area (Å²) in [6.07, 6.45) is 9.55. The molecule has 1 saturated heterocycles. The summed E-state index contributed by atoms with van der Waals surface area (Å²) in [6.45, 7) is 3.02. The Hall–Kier alpha value is -2.73. The first-order valence-electron chi connectivity index (χ1n) is 9.10. The second-order valence-corrected chi connectivity index (χ2v) is 6.80. The fraction of sp³-hybridized carbons (Fsp3) is 0.350. The number of piperidine rings is 1. The molecule has 134 valence electrons. The average Bonchev–Trinajstić information content (AvgIpc) is 3.24. The molecule has 3 aromatic rings. The van der Waals surface area contributed by atoms with Crippen LogP contribution >= 0.6 is 0 Å². The highest BCUT2D eigenvalue weighted by Crippen LogP contribution is 2.24. The predicted octanol–water partition coefficient (Wildman–Crippen LogP) is 2.76. The zero-order valence-corrected chi connectivity index (χ0v) is 15.1. The topological polar surface area (TPSA) is 50.1 Å². The lowest BCUT2D eigenvalue weighted by atomic mass is 10.0. The van der Waals surface area contributed by atoms with Gasteiger partial charge in [-0.05, 0) is 50.2 Å². The van der Waals surface area contributed by atoms with Crippen LogP contribution in [0.4, 0.5) is 5.69 Å². The van der Waals surface area contributed by atoms with Crippen molar-refractivity contribution in [3.8, 4) is 5.69 Å². The van der Waals surface area contributed by atoms with Crippen molar-refractivity contribution in [1.82, 2.24) is 24.6 Å². The van der Waals surface area contributed by atoms with Crippen LogP contribution in [0.2, 0.25) is 0 Å². The standard InChI is InChI=1S/C20H24N6/c1-24(15-17-6-10-21-16-22-17)18-7-12-25(13-8-18)19-4-2-5-20(14-19)26-11-3-9-23-26/h2-6,9-11,14,16,18H,7-8,12-13,15H2,1H3. The van der Waals surface area contributed by atoms with Crippen LogP contribution in [-0.4, -0.2) is 50.8 Å². The predicted molar refractivity (Wildman–Crippen MR) is 102 cm³/mol. The van der Waals surface area contributed by atoms with Crippen molar-refractivity contribution in [3.63, 3.8) is 0 Å². The Morgan fingerprint density at radius 2 is 1.92 bits per heavy atom. The van der Waals surface area contributed by atoms with Crippen LogP contribution in [0.3, 0.4) is 0 Å². The van der Waals surface area contributed by atoms with E-state index in [0.717, 1.165) is 43.9 Å². The zero-order chi connectivity index (χ0) is 17.8. The van der Waals surface area contributed by atoms with Crippen molar-refractivity contribution in [2.24, 2.45) is 0 Å². The second-order valence-electron chi connectivity index (χ2n) is 6.80. The summed E-state index contributed by atoms with van der Waals surface area (Å²) in [6, 6.07) is 13.2. The van der Waals surface area contributed by atoms with Gasteiger partial charge in [-0.1, -0.05) is 6.07 Å². The van der Waals surface area contributed by atoms with Crippen LogP contribution in [0.5, 0.6) is 0 Å². The van der Waals surface area contributed by atoms with Gasteiger partial charge in [0.2, 0.25) is 0 Å². The van der Waals surface area contributed by atoms with E-state index in [0.29, 0.717) is 6.04 Å². The lowest BCUT2D eigenvalue weighted by Crippen LogP contribution is -2.43. The Balaban J connectivity index is 1.37. The average molecular weight is 348 g/mol. The monoisotopic (exact) mass is 348 g/mol. The minimum atomic E-state index is 0.593. The van der Waals surface area contributed by atoms with Crippen LogP contribution in [0.15, 0.2) is 61.3 Å². The molecule has 0 atom stereocenters. The molecule has 4 rings (SSSR count). The van der Waals surface area contributed by atoms with E-state index < -0.39 is 0 Å². The number of hydrogen-bond acceptors (Lipinski definition) is 5. The molecule has 1 aliphatic heterocycles. The highest BCUT2D eigenvalue weighted by molar-refractivity contribution is 5.53. The van der Waals surface area contributed by atoms with Gasteiger partial charge in [-0.25, -0.2) is 14.6 Å². The summed E-state index contributed by atoms with van der Waals surface area (Å²) in [5.74, 6) is 0. The molecule has 0 bridgehead atoms. The van der Waals surface area contributed by atoms with Gasteiger partial charge in [0, 0.05) is 50.0 Å². The van der Waals surface area contributed by atoms with Gasteiger partial charge in [0.25, 0.3) is 0 Å². The van der Waals surface area contributed by atoms with E-state index in [9.17, 15) is 0 Å². The summed E-state index contributed by atoms with van der Waals surface area (Å²) in [7, 11) is 2.20. The molecule has 6 nitrogen and oxygen atoms in total. The van der Waals surface area contributed by atoms with E-state index in [-0.39, 0.29) is 0 Å². The second kappa shape index (κ2) is 7.66. The highest BCUT2D eigenvalue weighted by Gasteiger charge is 2.23. The molecule has 0 amide bonds. The molecule has 0 unspecified atom stereocenters. The molecule has 1 aromatic carbocycles. The van der Waals surface area contributed by atoms with Crippen molar-refractivity contribution in [2.75, 3.05) is 25.0 Å². The third kappa shape index (κ3) is 3.75. The first kappa shape index (κ1) is 16.7. The number of benzene rings is 1. The number of hydrogen-bond donors (Lipinski definition) is 0. The third-order valence-corrected chi connectivity index (χ3v) is 5.11. The van der Waals surface area contributed by atoms with Gasteiger partial charge in [0.1, 0.15) is 6.33 Å². The van der Waals surface area contributed by atoms with Crippen molar-refractivity contribution < 1.29 is 0 Å². The molecule has 1 fully saturated rings. The van der Waals surface area contributed by atoms with E-state index >= 15 is 0 Å². The molecule has 0 saturated carbocycles. The molecular formula is C20H24N6. The fourth-order valence-electron chi connectivity index (χ4n) is 3.61. The lowest BCUT2D eigenvalue weighted by Gasteiger charge is -2.37. The maximum absolute atomic E-state index is 4.34.